The minimum absolute atomic E-state index is 0.145. The summed E-state index contributed by atoms with van der Waals surface area (Å²) in [6, 6.07) is 0. The lowest BCUT2D eigenvalue weighted by atomic mass is 9.84. The van der Waals surface area contributed by atoms with Crippen LogP contribution < -0.4 is 0 Å². The Morgan fingerprint density at radius 1 is 1.56 bits per heavy atom. The number of hydrogen-bond acceptors (Lipinski definition) is 4. The third-order valence-corrected chi connectivity index (χ3v) is 3.46. The third kappa shape index (κ3) is 4.34. The average Bonchev–Trinajstić information content (AvgIpc) is 2.17. The Balaban J connectivity index is 2.43. The Morgan fingerprint density at radius 3 is 2.75 bits per heavy atom. The lowest BCUT2D eigenvalue weighted by molar-refractivity contribution is -0.184. The number of carbonyl (C=O) groups is 1. The van der Waals surface area contributed by atoms with E-state index in [1.165, 1.54) is 0 Å². The number of esters is 1. The van der Waals surface area contributed by atoms with Gasteiger partial charge in [-0.05, 0) is 26.2 Å². The Morgan fingerprint density at radius 2 is 2.25 bits per heavy atom. The quantitative estimate of drug-likeness (QED) is 0.714. The summed E-state index contributed by atoms with van der Waals surface area (Å²) in [5.41, 5.74) is -0.417. The fraction of sp³-hybridized carbons (Fsp3) is 0.917. The zero-order valence-electron chi connectivity index (χ0n) is 10.6. The molecule has 1 heterocycles. The maximum atomic E-state index is 12.0. The molecule has 1 fully saturated rings. The highest BCUT2D eigenvalue weighted by Crippen LogP contribution is 2.28. The molecule has 1 aliphatic heterocycles. The van der Waals surface area contributed by atoms with E-state index in [1.807, 2.05) is 13.8 Å². The molecular weight excluding hydrogens is 224 g/mol. The summed E-state index contributed by atoms with van der Waals surface area (Å²) in [7, 11) is 0. The largest absolute Gasteiger partial charge is 0.434 e. The monoisotopic (exact) mass is 246 g/mol. The standard InChI is InChI=1S/C12H22O3S/c1-9(2)7-12(3,4)11(13)15-10-8-16-6-5-14-10/h9-10H,5-8H2,1-4H3. The van der Waals surface area contributed by atoms with Crippen LogP contribution in [0.3, 0.4) is 0 Å². The van der Waals surface area contributed by atoms with Gasteiger partial charge in [-0.25, -0.2) is 0 Å². The fourth-order valence-corrected chi connectivity index (χ4v) is 2.65. The maximum absolute atomic E-state index is 12.0. The molecule has 3 nitrogen and oxygen atoms in total. The summed E-state index contributed by atoms with van der Waals surface area (Å²) in [6.07, 6.45) is 0.490. The average molecular weight is 246 g/mol. The van der Waals surface area contributed by atoms with E-state index in [1.54, 1.807) is 11.8 Å². The van der Waals surface area contributed by atoms with Gasteiger partial charge in [-0.1, -0.05) is 13.8 Å². The van der Waals surface area contributed by atoms with E-state index < -0.39 is 5.41 Å². The summed E-state index contributed by atoms with van der Waals surface area (Å²) >= 11 is 1.77. The van der Waals surface area contributed by atoms with Crippen molar-refractivity contribution in [2.45, 2.75) is 40.4 Å². The van der Waals surface area contributed by atoms with Crippen molar-refractivity contribution in [1.82, 2.24) is 0 Å². The highest BCUT2D eigenvalue weighted by Gasteiger charge is 2.32. The van der Waals surface area contributed by atoms with Gasteiger partial charge in [0.15, 0.2) is 0 Å². The Labute approximate surface area is 102 Å². The van der Waals surface area contributed by atoms with E-state index in [-0.39, 0.29) is 12.3 Å². The molecule has 0 bridgehead atoms. The van der Waals surface area contributed by atoms with Crippen molar-refractivity contribution in [3.8, 4) is 0 Å². The second-order valence-electron chi connectivity index (χ2n) is 5.26. The molecule has 4 heteroatoms. The molecular formula is C12H22O3S. The van der Waals surface area contributed by atoms with E-state index in [0.29, 0.717) is 12.5 Å². The first kappa shape index (κ1) is 13.8. The van der Waals surface area contributed by atoms with Crippen LogP contribution in [0.5, 0.6) is 0 Å². The van der Waals surface area contributed by atoms with Crippen LogP contribution in [0.15, 0.2) is 0 Å². The molecule has 0 aliphatic carbocycles. The van der Waals surface area contributed by atoms with E-state index in [9.17, 15) is 4.79 Å². The molecule has 16 heavy (non-hydrogen) atoms. The molecule has 0 radical (unpaired) electrons. The maximum Gasteiger partial charge on any atom is 0.313 e. The first-order valence-corrected chi connectivity index (χ1v) is 6.98. The molecule has 1 rings (SSSR count). The molecule has 1 atom stereocenters. The van der Waals surface area contributed by atoms with Gasteiger partial charge in [-0.15, -0.1) is 0 Å². The third-order valence-electron chi connectivity index (χ3n) is 2.49. The van der Waals surface area contributed by atoms with Gasteiger partial charge in [-0.3, -0.25) is 4.79 Å². The Bertz CT molecular complexity index is 232. The van der Waals surface area contributed by atoms with Crippen molar-refractivity contribution >= 4 is 17.7 Å². The van der Waals surface area contributed by atoms with Crippen LogP contribution in [0.2, 0.25) is 0 Å². The Kier molecular flexibility index (Phi) is 5.12. The molecule has 0 aromatic heterocycles. The van der Waals surface area contributed by atoms with Crippen molar-refractivity contribution in [2.75, 3.05) is 18.1 Å². The number of ether oxygens (including phenoxy) is 2. The van der Waals surface area contributed by atoms with Gasteiger partial charge in [0, 0.05) is 5.75 Å². The smallest absolute Gasteiger partial charge is 0.313 e. The molecule has 0 spiro atoms. The highest BCUT2D eigenvalue weighted by molar-refractivity contribution is 7.99. The second kappa shape index (κ2) is 5.92. The number of carbonyl (C=O) groups excluding carboxylic acids is 1. The van der Waals surface area contributed by atoms with Gasteiger partial charge >= 0.3 is 5.97 Å². The first-order chi connectivity index (χ1) is 7.42. The number of thioether (sulfide) groups is 1. The van der Waals surface area contributed by atoms with Crippen LogP contribution in [-0.2, 0) is 14.3 Å². The molecule has 0 aromatic carbocycles. The minimum atomic E-state index is -0.417. The van der Waals surface area contributed by atoms with Gasteiger partial charge in [-0.2, -0.15) is 11.8 Å². The molecule has 1 unspecified atom stereocenters. The predicted molar refractivity (Wildman–Crippen MR) is 66.4 cm³/mol. The summed E-state index contributed by atoms with van der Waals surface area (Å²) in [5.74, 6) is 2.09. The highest BCUT2D eigenvalue weighted by atomic mass is 32.2. The van der Waals surface area contributed by atoms with Crippen LogP contribution in [0.1, 0.15) is 34.1 Å². The SMILES string of the molecule is CC(C)CC(C)(C)C(=O)OC1CSCCO1. The van der Waals surface area contributed by atoms with E-state index in [4.69, 9.17) is 9.47 Å². The first-order valence-electron chi connectivity index (χ1n) is 5.82. The van der Waals surface area contributed by atoms with Crippen molar-refractivity contribution < 1.29 is 14.3 Å². The van der Waals surface area contributed by atoms with Gasteiger partial charge in [0.05, 0.1) is 17.8 Å². The summed E-state index contributed by atoms with van der Waals surface area (Å²) in [5, 5.41) is 0. The van der Waals surface area contributed by atoms with Crippen LogP contribution in [-0.4, -0.2) is 30.4 Å². The van der Waals surface area contributed by atoms with Gasteiger partial charge in [0.1, 0.15) is 0 Å². The Hall–Kier alpha value is -0.220. The van der Waals surface area contributed by atoms with Gasteiger partial charge in [0.2, 0.25) is 6.29 Å². The lowest BCUT2D eigenvalue weighted by Crippen LogP contribution is -2.35. The predicted octanol–water partition coefficient (Wildman–Crippen LogP) is 2.69. The van der Waals surface area contributed by atoms with E-state index in [2.05, 4.69) is 13.8 Å². The molecule has 0 N–H and O–H groups in total. The van der Waals surface area contributed by atoms with Crippen molar-refractivity contribution in [1.29, 1.82) is 0 Å². The van der Waals surface area contributed by atoms with Crippen LogP contribution in [0.4, 0.5) is 0 Å². The van der Waals surface area contributed by atoms with Crippen molar-refractivity contribution in [3.05, 3.63) is 0 Å². The van der Waals surface area contributed by atoms with Crippen LogP contribution in [0.25, 0.3) is 0 Å². The molecule has 94 valence electrons. The molecule has 1 aliphatic rings. The fourth-order valence-electron chi connectivity index (χ4n) is 1.92. The molecule has 0 aromatic rings. The minimum Gasteiger partial charge on any atom is -0.434 e. The van der Waals surface area contributed by atoms with Crippen LogP contribution in [0, 0.1) is 11.3 Å². The topological polar surface area (TPSA) is 35.5 Å². The summed E-state index contributed by atoms with van der Waals surface area (Å²) in [6.45, 7) is 8.77. The van der Waals surface area contributed by atoms with Crippen LogP contribution >= 0.6 is 11.8 Å². The molecule has 0 saturated carbocycles. The van der Waals surface area contributed by atoms with E-state index in [0.717, 1.165) is 17.9 Å². The zero-order valence-corrected chi connectivity index (χ0v) is 11.4. The lowest BCUT2D eigenvalue weighted by Gasteiger charge is -2.29. The van der Waals surface area contributed by atoms with Crippen molar-refractivity contribution in [3.63, 3.8) is 0 Å². The van der Waals surface area contributed by atoms with Crippen molar-refractivity contribution in [2.24, 2.45) is 11.3 Å². The molecule has 0 amide bonds. The summed E-state index contributed by atoms with van der Waals surface area (Å²) < 4.78 is 10.8. The summed E-state index contributed by atoms with van der Waals surface area (Å²) in [4.78, 5) is 12.0. The number of rotatable bonds is 4. The van der Waals surface area contributed by atoms with E-state index >= 15 is 0 Å². The second-order valence-corrected chi connectivity index (χ2v) is 6.41. The number of hydrogen-bond donors (Lipinski definition) is 0. The zero-order chi connectivity index (χ0) is 12.2. The van der Waals surface area contributed by atoms with Gasteiger partial charge < -0.3 is 9.47 Å². The van der Waals surface area contributed by atoms with Gasteiger partial charge in [0.25, 0.3) is 0 Å². The normalized spacial score (nSPS) is 22.2. The molecule has 1 saturated heterocycles.